The van der Waals surface area contributed by atoms with Crippen LogP contribution in [0.5, 0.6) is 5.75 Å². The van der Waals surface area contributed by atoms with E-state index < -0.39 is 12.1 Å². The number of hydrogen-bond donors (Lipinski definition) is 1. The van der Waals surface area contributed by atoms with Crippen molar-refractivity contribution in [1.82, 2.24) is 4.57 Å². The van der Waals surface area contributed by atoms with Crippen LogP contribution >= 0.6 is 0 Å². The van der Waals surface area contributed by atoms with E-state index >= 15 is 0 Å². The summed E-state index contributed by atoms with van der Waals surface area (Å²) >= 11 is 0. The zero-order valence-electron chi connectivity index (χ0n) is 21.2. The third kappa shape index (κ3) is 6.88. The molecule has 1 unspecified atom stereocenters. The normalized spacial score (nSPS) is 15.7. The predicted molar refractivity (Wildman–Crippen MR) is 141 cm³/mol. The van der Waals surface area contributed by atoms with Crippen LogP contribution in [0.4, 0.5) is 0 Å². The van der Waals surface area contributed by atoms with Crippen LogP contribution in [0.25, 0.3) is 10.9 Å². The molecule has 1 saturated carbocycles. The minimum atomic E-state index is -0.946. The first kappa shape index (κ1) is 25.8. The van der Waals surface area contributed by atoms with Crippen molar-refractivity contribution in [1.29, 1.82) is 0 Å². The van der Waals surface area contributed by atoms with Crippen molar-refractivity contribution in [3.63, 3.8) is 0 Å². The van der Waals surface area contributed by atoms with Gasteiger partial charge in [0.1, 0.15) is 18.5 Å². The summed E-state index contributed by atoms with van der Waals surface area (Å²) in [5, 5.41) is 14.8. The molecular formula is C29H36N2O5. The van der Waals surface area contributed by atoms with Gasteiger partial charge in [0, 0.05) is 30.1 Å². The molecule has 7 nitrogen and oxygen atoms in total. The molecule has 1 fully saturated rings. The second-order valence-corrected chi connectivity index (χ2v) is 9.30. The molecule has 2 aromatic carbocycles. The van der Waals surface area contributed by atoms with Gasteiger partial charge < -0.3 is 24.0 Å². The number of fused-ring (bicyclic) bond motifs is 1. The fourth-order valence-electron chi connectivity index (χ4n) is 4.61. The van der Waals surface area contributed by atoms with Gasteiger partial charge in [-0.3, -0.25) is 0 Å². The number of carboxylic acids is 1. The Morgan fingerprint density at radius 3 is 2.61 bits per heavy atom. The number of carbonyl (C=O) groups is 1. The fraction of sp³-hybridized carbons (Fsp3) is 0.448. The van der Waals surface area contributed by atoms with Crippen molar-refractivity contribution in [2.24, 2.45) is 5.16 Å². The minimum Gasteiger partial charge on any atom is -0.492 e. The van der Waals surface area contributed by atoms with E-state index in [1.165, 1.54) is 19.3 Å². The second-order valence-electron chi connectivity index (χ2n) is 9.30. The summed E-state index contributed by atoms with van der Waals surface area (Å²) in [4.78, 5) is 17.1. The molecule has 4 rings (SSSR count). The molecular weight excluding hydrogens is 456 g/mol. The lowest BCUT2D eigenvalue weighted by atomic mass is 9.98. The van der Waals surface area contributed by atoms with E-state index in [4.69, 9.17) is 14.3 Å². The number of benzene rings is 2. The number of carboxylic acid groups (broad SMARTS) is 1. The Balaban J connectivity index is 1.30. The summed E-state index contributed by atoms with van der Waals surface area (Å²) in [5.74, 6) is -0.191. The van der Waals surface area contributed by atoms with Crippen molar-refractivity contribution in [3.8, 4) is 5.75 Å². The third-order valence-electron chi connectivity index (χ3n) is 6.67. The Morgan fingerprint density at radius 2 is 1.89 bits per heavy atom. The maximum Gasteiger partial charge on any atom is 0.333 e. The number of aromatic nitrogens is 1. The molecule has 1 aliphatic rings. The van der Waals surface area contributed by atoms with Gasteiger partial charge in [-0.05, 0) is 81.0 Å². The molecule has 1 atom stereocenters. The molecule has 192 valence electrons. The molecule has 0 amide bonds. The lowest BCUT2D eigenvalue weighted by Gasteiger charge is -2.19. The monoisotopic (exact) mass is 492 g/mol. The number of ether oxygens (including phenoxy) is 2. The van der Waals surface area contributed by atoms with Gasteiger partial charge in [0.15, 0.2) is 6.10 Å². The van der Waals surface area contributed by atoms with Gasteiger partial charge in [0.05, 0.1) is 12.3 Å². The van der Waals surface area contributed by atoms with Crippen molar-refractivity contribution in [2.75, 3.05) is 13.2 Å². The predicted octanol–water partition coefficient (Wildman–Crippen LogP) is 5.83. The van der Waals surface area contributed by atoms with Crippen LogP contribution < -0.4 is 4.74 Å². The Bertz CT molecular complexity index is 1160. The van der Waals surface area contributed by atoms with Crippen LogP contribution in [0.3, 0.4) is 0 Å². The largest absolute Gasteiger partial charge is 0.492 e. The highest BCUT2D eigenvalue weighted by Gasteiger charge is 2.18. The van der Waals surface area contributed by atoms with Crippen molar-refractivity contribution in [3.05, 3.63) is 65.9 Å². The van der Waals surface area contributed by atoms with Crippen LogP contribution in [0.15, 0.2) is 59.9 Å². The summed E-state index contributed by atoms with van der Waals surface area (Å²) in [6.07, 6.45) is 7.80. The SMILES string of the molecule is CCOC(Cc1ccc(OCCn2ccc3cc(/C(C)=N/OC4CCCCC4)ccc32)cc1)C(=O)O. The zero-order chi connectivity index (χ0) is 25.3. The van der Waals surface area contributed by atoms with Crippen LogP contribution in [0, 0.1) is 0 Å². The average molecular weight is 493 g/mol. The van der Waals surface area contributed by atoms with Gasteiger partial charge in [-0.1, -0.05) is 29.8 Å². The van der Waals surface area contributed by atoms with E-state index in [1.54, 1.807) is 6.92 Å². The number of oxime groups is 1. The van der Waals surface area contributed by atoms with E-state index in [2.05, 4.69) is 40.2 Å². The van der Waals surface area contributed by atoms with E-state index in [1.807, 2.05) is 31.2 Å². The smallest absolute Gasteiger partial charge is 0.333 e. The summed E-state index contributed by atoms with van der Waals surface area (Å²) in [6.45, 7) is 5.41. The van der Waals surface area contributed by atoms with Gasteiger partial charge in [0.2, 0.25) is 0 Å². The first-order chi connectivity index (χ1) is 17.5. The average Bonchev–Trinajstić information content (AvgIpc) is 3.30. The Morgan fingerprint density at radius 1 is 1.11 bits per heavy atom. The standard InChI is InChI=1S/C29H36N2O5/c1-3-34-28(29(32)33)19-22-9-12-25(13-10-22)35-18-17-31-16-15-24-20-23(11-14-27(24)31)21(2)30-36-26-7-5-4-6-8-26/h9-16,20,26,28H,3-8,17-19H2,1-2H3,(H,32,33)/b30-21+. The van der Waals surface area contributed by atoms with Crippen molar-refractivity contribution in [2.45, 2.75) is 71.1 Å². The lowest BCUT2D eigenvalue weighted by molar-refractivity contribution is -0.149. The summed E-state index contributed by atoms with van der Waals surface area (Å²) in [5.41, 5.74) is 4.02. The zero-order valence-corrected chi connectivity index (χ0v) is 21.2. The summed E-state index contributed by atoms with van der Waals surface area (Å²) < 4.78 is 13.4. The molecule has 1 N–H and O–H groups in total. The van der Waals surface area contributed by atoms with Gasteiger partial charge in [-0.15, -0.1) is 0 Å². The number of nitrogens with zero attached hydrogens (tertiary/aromatic N) is 2. The maximum absolute atomic E-state index is 11.3. The lowest BCUT2D eigenvalue weighted by Crippen LogP contribution is -2.26. The van der Waals surface area contributed by atoms with Crippen LogP contribution in [0.1, 0.15) is 57.1 Å². The number of aliphatic carboxylic acids is 1. The molecule has 0 saturated heterocycles. The highest BCUT2D eigenvalue weighted by Crippen LogP contribution is 2.22. The molecule has 1 heterocycles. The molecule has 0 spiro atoms. The second kappa shape index (κ2) is 12.6. The number of hydrogen-bond acceptors (Lipinski definition) is 5. The molecule has 7 heteroatoms. The minimum absolute atomic E-state index is 0.256. The molecule has 0 aliphatic heterocycles. The number of rotatable bonds is 12. The Kier molecular flexibility index (Phi) is 9.01. The van der Waals surface area contributed by atoms with Gasteiger partial charge in [-0.2, -0.15) is 0 Å². The highest BCUT2D eigenvalue weighted by molar-refractivity contribution is 6.01. The van der Waals surface area contributed by atoms with Crippen molar-refractivity contribution < 1.29 is 24.2 Å². The van der Waals surface area contributed by atoms with Crippen LogP contribution in [-0.2, 0) is 27.3 Å². The molecule has 0 radical (unpaired) electrons. The van der Waals surface area contributed by atoms with Gasteiger partial charge >= 0.3 is 5.97 Å². The van der Waals surface area contributed by atoms with Gasteiger partial charge in [-0.25, -0.2) is 4.79 Å². The Hall–Kier alpha value is -3.32. The van der Waals surface area contributed by atoms with Crippen molar-refractivity contribution >= 4 is 22.6 Å². The van der Waals surface area contributed by atoms with E-state index in [0.29, 0.717) is 26.2 Å². The fourth-order valence-corrected chi connectivity index (χ4v) is 4.61. The van der Waals surface area contributed by atoms with E-state index in [-0.39, 0.29) is 6.10 Å². The third-order valence-corrected chi connectivity index (χ3v) is 6.67. The van der Waals surface area contributed by atoms with E-state index in [0.717, 1.165) is 46.3 Å². The molecule has 36 heavy (non-hydrogen) atoms. The first-order valence-electron chi connectivity index (χ1n) is 12.9. The topological polar surface area (TPSA) is 82.3 Å². The summed E-state index contributed by atoms with van der Waals surface area (Å²) in [7, 11) is 0. The highest BCUT2D eigenvalue weighted by atomic mass is 16.6. The molecule has 1 aliphatic carbocycles. The van der Waals surface area contributed by atoms with Gasteiger partial charge in [0.25, 0.3) is 0 Å². The quantitative estimate of drug-likeness (QED) is 0.254. The van der Waals surface area contributed by atoms with Crippen LogP contribution in [0.2, 0.25) is 0 Å². The summed E-state index contributed by atoms with van der Waals surface area (Å²) in [6, 6.07) is 16.0. The Labute approximate surface area is 212 Å². The first-order valence-corrected chi connectivity index (χ1v) is 12.9. The maximum atomic E-state index is 11.3. The molecule has 1 aromatic heterocycles. The van der Waals surface area contributed by atoms with Crippen LogP contribution in [-0.4, -0.2) is 46.8 Å². The van der Waals surface area contributed by atoms with E-state index in [9.17, 15) is 9.90 Å². The molecule has 0 bridgehead atoms. The molecule has 3 aromatic rings.